The molecule has 0 bridgehead atoms. The number of hydrogen-bond acceptors (Lipinski definition) is 5. The maximum atomic E-state index is 13.2. The number of aromatic nitrogens is 1. The molecule has 28 heavy (non-hydrogen) atoms. The van der Waals surface area contributed by atoms with Crippen LogP contribution in [-0.2, 0) is 24.1 Å². The quantitative estimate of drug-likeness (QED) is 0.784. The average molecular weight is 400 g/mol. The van der Waals surface area contributed by atoms with Crippen LogP contribution in [0.15, 0.2) is 18.2 Å². The Hall–Kier alpha value is -2.41. The Morgan fingerprint density at radius 2 is 2.14 bits per heavy atom. The summed E-state index contributed by atoms with van der Waals surface area (Å²) >= 11 is 1.49. The minimum Gasteiger partial charge on any atom is -0.447 e. The first kappa shape index (κ1) is 18.9. The van der Waals surface area contributed by atoms with E-state index in [9.17, 15) is 9.59 Å². The minimum absolute atomic E-state index is 0.0675. The Kier molecular flexibility index (Phi) is 5.10. The highest BCUT2D eigenvalue weighted by atomic mass is 32.1. The van der Waals surface area contributed by atoms with E-state index in [-0.39, 0.29) is 12.0 Å². The lowest BCUT2D eigenvalue weighted by molar-refractivity contribution is 0.0738. The van der Waals surface area contributed by atoms with Crippen molar-refractivity contribution in [2.24, 2.45) is 5.92 Å². The van der Waals surface area contributed by atoms with Crippen molar-refractivity contribution >= 4 is 29.0 Å². The normalized spacial score (nSPS) is 16.5. The standard InChI is InChI=1S/C21H25N3O3S/c1-13(2)11-17-19(28-14(3)22-17)20(25)23-8-7-16-15(12-23)5-4-6-18(16)24-9-10-27-21(24)26/h4-6,13H,7-12H2,1-3H3. The lowest BCUT2D eigenvalue weighted by Crippen LogP contribution is -2.37. The number of cyclic esters (lactones) is 1. The lowest BCUT2D eigenvalue weighted by atomic mass is 9.96. The molecule has 0 spiro atoms. The lowest BCUT2D eigenvalue weighted by Gasteiger charge is -2.31. The van der Waals surface area contributed by atoms with Gasteiger partial charge in [0, 0.05) is 13.1 Å². The van der Waals surface area contributed by atoms with Crippen LogP contribution in [0.25, 0.3) is 0 Å². The van der Waals surface area contributed by atoms with Gasteiger partial charge in [-0.05, 0) is 42.9 Å². The van der Waals surface area contributed by atoms with Gasteiger partial charge in [0.1, 0.15) is 11.5 Å². The summed E-state index contributed by atoms with van der Waals surface area (Å²) in [6, 6.07) is 5.97. The maximum absolute atomic E-state index is 13.2. The van der Waals surface area contributed by atoms with Gasteiger partial charge in [-0.3, -0.25) is 9.69 Å². The van der Waals surface area contributed by atoms with Crippen molar-refractivity contribution in [1.29, 1.82) is 0 Å². The van der Waals surface area contributed by atoms with Gasteiger partial charge < -0.3 is 9.64 Å². The van der Waals surface area contributed by atoms with Crippen molar-refractivity contribution in [2.45, 2.75) is 40.2 Å². The van der Waals surface area contributed by atoms with E-state index >= 15 is 0 Å². The monoisotopic (exact) mass is 399 g/mol. The van der Waals surface area contributed by atoms with E-state index in [0.717, 1.165) is 45.2 Å². The van der Waals surface area contributed by atoms with Crippen LogP contribution >= 0.6 is 11.3 Å². The van der Waals surface area contributed by atoms with Crippen LogP contribution in [0.3, 0.4) is 0 Å². The highest BCUT2D eigenvalue weighted by Crippen LogP contribution is 2.32. The molecule has 0 N–H and O–H groups in total. The van der Waals surface area contributed by atoms with Gasteiger partial charge in [0.25, 0.3) is 5.91 Å². The zero-order valence-electron chi connectivity index (χ0n) is 16.5. The molecule has 0 aliphatic carbocycles. The van der Waals surface area contributed by atoms with E-state index in [1.165, 1.54) is 11.3 Å². The van der Waals surface area contributed by atoms with E-state index in [1.807, 2.05) is 30.0 Å². The molecule has 2 amide bonds. The number of benzene rings is 1. The summed E-state index contributed by atoms with van der Waals surface area (Å²) in [6.45, 7) is 8.45. The zero-order chi connectivity index (χ0) is 19.8. The summed E-state index contributed by atoms with van der Waals surface area (Å²) in [5, 5.41) is 0.936. The number of carbonyl (C=O) groups is 2. The molecule has 1 saturated heterocycles. The van der Waals surface area contributed by atoms with Crippen molar-refractivity contribution in [2.75, 3.05) is 24.6 Å². The van der Waals surface area contributed by atoms with Crippen molar-refractivity contribution in [3.63, 3.8) is 0 Å². The van der Waals surface area contributed by atoms with Gasteiger partial charge in [-0.1, -0.05) is 26.0 Å². The summed E-state index contributed by atoms with van der Waals surface area (Å²) in [5.74, 6) is 0.524. The van der Waals surface area contributed by atoms with Gasteiger partial charge in [0.15, 0.2) is 0 Å². The third-order valence-corrected chi connectivity index (χ3v) is 6.18. The Labute approximate surface area is 169 Å². The fourth-order valence-corrected chi connectivity index (χ4v) is 4.85. The van der Waals surface area contributed by atoms with E-state index in [0.29, 0.717) is 32.2 Å². The third-order valence-electron chi connectivity index (χ3n) is 5.18. The molecule has 7 heteroatoms. The Morgan fingerprint density at radius 1 is 1.32 bits per heavy atom. The average Bonchev–Trinajstić information content (AvgIpc) is 3.25. The molecular weight excluding hydrogens is 374 g/mol. The van der Waals surface area contributed by atoms with Crippen LogP contribution in [0.4, 0.5) is 10.5 Å². The smallest absolute Gasteiger partial charge is 0.414 e. The van der Waals surface area contributed by atoms with E-state index in [4.69, 9.17) is 4.74 Å². The highest BCUT2D eigenvalue weighted by molar-refractivity contribution is 7.13. The van der Waals surface area contributed by atoms with E-state index in [1.54, 1.807) is 4.90 Å². The molecule has 1 aromatic heterocycles. The molecule has 1 aromatic carbocycles. The third kappa shape index (κ3) is 3.51. The first-order valence-electron chi connectivity index (χ1n) is 9.74. The molecule has 0 radical (unpaired) electrons. The van der Waals surface area contributed by atoms with Gasteiger partial charge in [-0.25, -0.2) is 9.78 Å². The molecular formula is C21H25N3O3S. The molecule has 6 nitrogen and oxygen atoms in total. The summed E-state index contributed by atoms with van der Waals surface area (Å²) in [4.78, 5) is 34.2. The van der Waals surface area contributed by atoms with Crippen molar-refractivity contribution in [1.82, 2.24) is 9.88 Å². The molecule has 0 saturated carbocycles. The number of aryl methyl sites for hydroxylation is 1. The number of ether oxygens (including phenoxy) is 1. The summed E-state index contributed by atoms with van der Waals surface area (Å²) < 4.78 is 5.09. The molecule has 3 heterocycles. The van der Waals surface area contributed by atoms with E-state index < -0.39 is 0 Å². The second kappa shape index (κ2) is 7.54. The van der Waals surface area contributed by atoms with Gasteiger partial charge >= 0.3 is 6.09 Å². The molecule has 0 unspecified atom stereocenters. The Balaban J connectivity index is 1.58. The van der Waals surface area contributed by atoms with Crippen LogP contribution in [0.5, 0.6) is 0 Å². The van der Waals surface area contributed by atoms with Gasteiger partial charge in [0.05, 0.1) is 22.9 Å². The summed E-state index contributed by atoms with van der Waals surface area (Å²) in [5.41, 5.74) is 4.08. The van der Waals surface area contributed by atoms with Crippen LogP contribution in [0.1, 0.15) is 45.3 Å². The molecule has 1 fully saturated rings. The number of rotatable bonds is 4. The van der Waals surface area contributed by atoms with Crippen LogP contribution in [-0.4, -0.2) is 41.6 Å². The summed E-state index contributed by atoms with van der Waals surface area (Å²) in [6.07, 6.45) is 1.26. The second-order valence-corrected chi connectivity index (χ2v) is 8.97. The number of nitrogens with zero attached hydrogens (tertiary/aromatic N) is 3. The number of thiazole rings is 1. The molecule has 2 aliphatic rings. The largest absolute Gasteiger partial charge is 0.447 e. The zero-order valence-corrected chi connectivity index (χ0v) is 17.3. The Bertz CT molecular complexity index is 922. The van der Waals surface area contributed by atoms with Crippen LogP contribution in [0.2, 0.25) is 0 Å². The second-order valence-electron chi connectivity index (χ2n) is 7.76. The fraction of sp³-hybridized carbons (Fsp3) is 0.476. The number of carbonyl (C=O) groups excluding carboxylic acids is 2. The van der Waals surface area contributed by atoms with Crippen molar-refractivity contribution < 1.29 is 14.3 Å². The topological polar surface area (TPSA) is 62.7 Å². The first-order chi connectivity index (χ1) is 13.4. The molecule has 4 rings (SSSR count). The number of amides is 2. The number of hydrogen-bond donors (Lipinski definition) is 0. The van der Waals surface area contributed by atoms with Crippen molar-refractivity contribution in [3.8, 4) is 0 Å². The minimum atomic E-state index is -0.287. The van der Waals surface area contributed by atoms with Crippen molar-refractivity contribution in [3.05, 3.63) is 44.9 Å². The SMILES string of the molecule is Cc1nc(CC(C)C)c(C(=O)N2CCc3c(cccc3N3CCOC3=O)C2)s1. The number of anilines is 1. The highest BCUT2D eigenvalue weighted by Gasteiger charge is 2.31. The summed E-state index contributed by atoms with van der Waals surface area (Å²) in [7, 11) is 0. The van der Waals surface area contributed by atoms with Gasteiger partial charge in [0.2, 0.25) is 0 Å². The van der Waals surface area contributed by atoms with Gasteiger partial charge in [-0.15, -0.1) is 11.3 Å². The molecule has 2 aromatic rings. The predicted molar refractivity (Wildman–Crippen MR) is 109 cm³/mol. The number of fused-ring (bicyclic) bond motifs is 1. The van der Waals surface area contributed by atoms with Crippen LogP contribution in [0, 0.1) is 12.8 Å². The van der Waals surface area contributed by atoms with E-state index in [2.05, 4.69) is 18.8 Å². The molecule has 148 valence electrons. The first-order valence-corrected chi connectivity index (χ1v) is 10.6. The van der Waals surface area contributed by atoms with Crippen LogP contribution < -0.4 is 4.90 Å². The predicted octanol–water partition coefficient (Wildman–Crippen LogP) is 3.81. The molecule has 0 atom stereocenters. The maximum Gasteiger partial charge on any atom is 0.414 e. The van der Waals surface area contributed by atoms with Gasteiger partial charge in [-0.2, -0.15) is 0 Å². The Morgan fingerprint density at radius 3 is 2.86 bits per heavy atom. The fourth-order valence-electron chi connectivity index (χ4n) is 3.93. The molecule has 2 aliphatic heterocycles.